The Morgan fingerprint density at radius 1 is 1.54 bits per heavy atom. The van der Waals surface area contributed by atoms with Crippen LogP contribution in [0.3, 0.4) is 0 Å². The molecular weight excluding hydrogens is 166 g/mol. The maximum Gasteiger partial charge on any atom is 0.144 e. The molecule has 0 aliphatic carbocycles. The Kier molecular flexibility index (Phi) is 3.19. The predicted molar refractivity (Wildman–Crippen MR) is 51.4 cm³/mol. The molecule has 0 aliphatic heterocycles. The first-order valence-corrected chi connectivity index (χ1v) is 4.35. The van der Waals surface area contributed by atoms with Crippen LogP contribution in [0, 0.1) is 0 Å². The third-order valence-corrected chi connectivity index (χ3v) is 2.12. The van der Waals surface area contributed by atoms with Gasteiger partial charge in [-0.25, -0.2) is 4.98 Å². The van der Waals surface area contributed by atoms with Gasteiger partial charge in [0.15, 0.2) is 0 Å². The van der Waals surface area contributed by atoms with Gasteiger partial charge in [0.1, 0.15) is 5.82 Å². The number of hydrogen-bond donors (Lipinski definition) is 2. The lowest BCUT2D eigenvalue weighted by molar-refractivity contribution is 0.218. The lowest BCUT2D eigenvalue weighted by Crippen LogP contribution is -2.38. The first-order valence-electron chi connectivity index (χ1n) is 4.35. The summed E-state index contributed by atoms with van der Waals surface area (Å²) in [5.74, 6) is 0.695. The summed E-state index contributed by atoms with van der Waals surface area (Å²) in [4.78, 5) is 8.01. The maximum absolute atomic E-state index is 9.14. The number of nitrogens with one attached hydrogen (secondary N) is 1. The van der Waals surface area contributed by atoms with Crippen molar-refractivity contribution < 1.29 is 5.11 Å². The Morgan fingerprint density at radius 2 is 2.31 bits per heavy atom. The number of rotatable bonds is 4. The summed E-state index contributed by atoms with van der Waals surface area (Å²) in [6.07, 6.45) is 5.72. The van der Waals surface area contributed by atoms with Gasteiger partial charge in [0, 0.05) is 12.4 Å². The van der Waals surface area contributed by atoms with Crippen LogP contribution in [0.15, 0.2) is 18.6 Å². The smallest absolute Gasteiger partial charge is 0.144 e. The Morgan fingerprint density at radius 3 is 2.77 bits per heavy atom. The molecule has 0 aliphatic rings. The van der Waals surface area contributed by atoms with Crippen molar-refractivity contribution in [2.24, 2.45) is 0 Å². The zero-order valence-corrected chi connectivity index (χ0v) is 7.99. The van der Waals surface area contributed by atoms with Crippen LogP contribution < -0.4 is 5.32 Å². The lowest BCUT2D eigenvalue weighted by Gasteiger charge is -2.27. The molecular formula is C9H15N3O. The monoisotopic (exact) mass is 181 g/mol. The third kappa shape index (κ3) is 2.66. The Bertz CT molecular complexity index is 246. The minimum atomic E-state index is -0.309. The molecule has 4 nitrogen and oxygen atoms in total. The molecule has 0 fully saturated rings. The zero-order valence-electron chi connectivity index (χ0n) is 7.99. The van der Waals surface area contributed by atoms with E-state index in [9.17, 15) is 0 Å². The van der Waals surface area contributed by atoms with Gasteiger partial charge in [0.05, 0.1) is 18.3 Å². The zero-order chi connectivity index (χ0) is 9.73. The second kappa shape index (κ2) is 4.18. The number of hydrogen-bond acceptors (Lipinski definition) is 4. The van der Waals surface area contributed by atoms with Crippen molar-refractivity contribution >= 4 is 5.82 Å². The van der Waals surface area contributed by atoms with E-state index >= 15 is 0 Å². The molecule has 0 radical (unpaired) electrons. The van der Waals surface area contributed by atoms with Gasteiger partial charge in [-0.2, -0.15) is 0 Å². The maximum atomic E-state index is 9.14. The van der Waals surface area contributed by atoms with Crippen LogP contribution in [0.1, 0.15) is 20.3 Å². The minimum absolute atomic E-state index is 0.0834. The number of aliphatic hydroxyl groups is 1. The molecule has 1 heterocycles. The second-order valence-corrected chi connectivity index (χ2v) is 3.29. The van der Waals surface area contributed by atoms with Gasteiger partial charge in [0.2, 0.25) is 0 Å². The van der Waals surface area contributed by atoms with Crippen molar-refractivity contribution in [1.82, 2.24) is 9.97 Å². The highest BCUT2D eigenvalue weighted by Gasteiger charge is 2.20. The standard InChI is InChI=1S/C9H15N3O/c1-3-9(2,7-13)12-8-6-10-4-5-11-8/h4-6,13H,3,7H2,1-2H3,(H,11,12). The quantitative estimate of drug-likeness (QED) is 0.729. The summed E-state index contributed by atoms with van der Waals surface area (Å²) in [5.41, 5.74) is -0.309. The summed E-state index contributed by atoms with van der Waals surface area (Å²) in [7, 11) is 0. The van der Waals surface area contributed by atoms with Gasteiger partial charge in [0.25, 0.3) is 0 Å². The normalized spacial score (nSPS) is 15.0. The topological polar surface area (TPSA) is 58.0 Å². The molecule has 0 aromatic carbocycles. The SMILES string of the molecule is CCC(C)(CO)Nc1cnccn1. The number of nitrogens with zero attached hydrogens (tertiary/aromatic N) is 2. The van der Waals surface area contributed by atoms with Crippen LogP contribution in [-0.2, 0) is 0 Å². The molecule has 13 heavy (non-hydrogen) atoms. The summed E-state index contributed by atoms with van der Waals surface area (Å²) < 4.78 is 0. The van der Waals surface area contributed by atoms with Crippen LogP contribution in [0.25, 0.3) is 0 Å². The van der Waals surface area contributed by atoms with Crippen LogP contribution in [0.5, 0.6) is 0 Å². The summed E-state index contributed by atoms with van der Waals surface area (Å²) >= 11 is 0. The number of aliphatic hydroxyl groups excluding tert-OH is 1. The van der Waals surface area contributed by atoms with Crippen molar-refractivity contribution in [2.75, 3.05) is 11.9 Å². The Hall–Kier alpha value is -1.16. The van der Waals surface area contributed by atoms with E-state index in [0.717, 1.165) is 6.42 Å². The van der Waals surface area contributed by atoms with E-state index < -0.39 is 0 Å². The fourth-order valence-electron chi connectivity index (χ4n) is 0.913. The molecule has 0 saturated carbocycles. The fourth-order valence-corrected chi connectivity index (χ4v) is 0.913. The number of aromatic nitrogens is 2. The molecule has 1 aromatic rings. The van der Waals surface area contributed by atoms with Gasteiger partial charge >= 0.3 is 0 Å². The molecule has 0 amide bonds. The Balaban J connectivity index is 2.68. The summed E-state index contributed by atoms with van der Waals surface area (Å²) in [6.45, 7) is 4.04. The van der Waals surface area contributed by atoms with Gasteiger partial charge in [-0.05, 0) is 13.3 Å². The van der Waals surface area contributed by atoms with E-state index in [2.05, 4.69) is 15.3 Å². The van der Waals surface area contributed by atoms with Gasteiger partial charge < -0.3 is 10.4 Å². The summed E-state index contributed by atoms with van der Waals surface area (Å²) in [6, 6.07) is 0. The second-order valence-electron chi connectivity index (χ2n) is 3.29. The van der Waals surface area contributed by atoms with Crippen molar-refractivity contribution in [3.63, 3.8) is 0 Å². The van der Waals surface area contributed by atoms with Crippen LogP contribution in [-0.4, -0.2) is 27.2 Å². The van der Waals surface area contributed by atoms with Crippen LogP contribution >= 0.6 is 0 Å². The molecule has 1 rings (SSSR count). The summed E-state index contributed by atoms with van der Waals surface area (Å²) in [5, 5.41) is 12.3. The highest BCUT2D eigenvalue weighted by Crippen LogP contribution is 2.14. The van der Waals surface area contributed by atoms with Gasteiger partial charge in [-0.15, -0.1) is 0 Å². The van der Waals surface area contributed by atoms with Crippen molar-refractivity contribution in [1.29, 1.82) is 0 Å². The molecule has 2 N–H and O–H groups in total. The lowest BCUT2D eigenvalue weighted by atomic mass is 10.0. The van der Waals surface area contributed by atoms with E-state index in [-0.39, 0.29) is 12.1 Å². The third-order valence-electron chi connectivity index (χ3n) is 2.12. The molecule has 0 bridgehead atoms. The van der Waals surface area contributed by atoms with Crippen LogP contribution in [0.2, 0.25) is 0 Å². The van der Waals surface area contributed by atoms with Crippen LogP contribution in [0.4, 0.5) is 5.82 Å². The van der Waals surface area contributed by atoms with E-state index in [1.165, 1.54) is 0 Å². The molecule has 1 unspecified atom stereocenters. The average molecular weight is 181 g/mol. The first-order chi connectivity index (χ1) is 6.20. The fraction of sp³-hybridized carbons (Fsp3) is 0.556. The van der Waals surface area contributed by atoms with Crippen molar-refractivity contribution in [2.45, 2.75) is 25.8 Å². The van der Waals surface area contributed by atoms with E-state index in [1.54, 1.807) is 18.6 Å². The highest BCUT2D eigenvalue weighted by molar-refractivity contribution is 5.33. The average Bonchev–Trinajstić information content (AvgIpc) is 2.19. The largest absolute Gasteiger partial charge is 0.394 e. The van der Waals surface area contributed by atoms with Gasteiger partial charge in [-0.1, -0.05) is 6.92 Å². The first kappa shape index (κ1) is 9.92. The number of anilines is 1. The van der Waals surface area contributed by atoms with E-state index in [4.69, 9.17) is 5.11 Å². The Labute approximate surface area is 78.0 Å². The molecule has 1 atom stereocenters. The van der Waals surface area contributed by atoms with Crippen molar-refractivity contribution in [3.8, 4) is 0 Å². The highest BCUT2D eigenvalue weighted by atomic mass is 16.3. The molecule has 0 saturated heterocycles. The van der Waals surface area contributed by atoms with E-state index in [0.29, 0.717) is 5.82 Å². The van der Waals surface area contributed by atoms with E-state index in [1.807, 2.05) is 13.8 Å². The molecule has 72 valence electrons. The molecule has 1 aromatic heterocycles. The van der Waals surface area contributed by atoms with Crippen molar-refractivity contribution in [3.05, 3.63) is 18.6 Å². The minimum Gasteiger partial charge on any atom is -0.394 e. The van der Waals surface area contributed by atoms with Gasteiger partial charge in [-0.3, -0.25) is 4.98 Å². The molecule has 0 spiro atoms. The predicted octanol–water partition coefficient (Wildman–Crippen LogP) is 1.05. The molecule has 4 heteroatoms.